The molecule has 0 radical (unpaired) electrons. The number of amides is 2. The predicted octanol–water partition coefficient (Wildman–Crippen LogP) is 2.21. The second-order valence-electron chi connectivity index (χ2n) is 10.4. The van der Waals surface area contributed by atoms with Gasteiger partial charge in [-0.2, -0.15) is 4.39 Å². The highest BCUT2D eigenvalue weighted by Crippen LogP contribution is 2.31. The number of methoxy groups -OCH3 is 1. The summed E-state index contributed by atoms with van der Waals surface area (Å²) >= 11 is 0. The lowest BCUT2D eigenvalue weighted by atomic mass is 10.1. The summed E-state index contributed by atoms with van der Waals surface area (Å²) in [6, 6.07) is 8.02. The molecule has 2 aromatic heterocycles. The van der Waals surface area contributed by atoms with Crippen LogP contribution in [0.4, 0.5) is 20.3 Å². The number of ether oxygens (including phenoxy) is 1. The number of likely N-dealkylation sites (N-methyl/N-ethyl adjacent to an activating group) is 1. The molecule has 0 saturated carbocycles. The minimum absolute atomic E-state index is 0.0349. The first kappa shape index (κ1) is 28.0. The molecule has 1 fully saturated rings. The van der Waals surface area contributed by atoms with Crippen molar-refractivity contribution in [1.29, 1.82) is 0 Å². The highest BCUT2D eigenvalue weighted by Gasteiger charge is 2.29. The van der Waals surface area contributed by atoms with E-state index in [4.69, 9.17) is 4.74 Å². The fourth-order valence-electron chi connectivity index (χ4n) is 5.01. The molecule has 1 aliphatic rings. The number of benzene rings is 2. The van der Waals surface area contributed by atoms with Crippen LogP contribution in [0.1, 0.15) is 22.3 Å². The molecule has 1 atom stereocenters. The first-order valence-corrected chi connectivity index (χ1v) is 13.3. The molecule has 41 heavy (non-hydrogen) atoms. The van der Waals surface area contributed by atoms with Gasteiger partial charge in [0.2, 0.25) is 5.82 Å². The predicted molar refractivity (Wildman–Crippen MR) is 149 cm³/mol. The molecule has 1 unspecified atom stereocenters. The Morgan fingerprint density at radius 3 is 2.68 bits per heavy atom. The lowest BCUT2D eigenvalue weighted by molar-refractivity contribution is -0.849. The average molecular weight is 565 g/mol. The van der Waals surface area contributed by atoms with Gasteiger partial charge in [-0.1, -0.05) is 0 Å². The van der Waals surface area contributed by atoms with Crippen molar-refractivity contribution in [1.82, 2.24) is 24.6 Å². The van der Waals surface area contributed by atoms with Gasteiger partial charge in [-0.15, -0.1) is 0 Å². The Balaban J connectivity index is 1.30. The summed E-state index contributed by atoms with van der Waals surface area (Å²) in [5.41, 5.74) is 2.75. The summed E-state index contributed by atoms with van der Waals surface area (Å²) in [7, 11) is 5.14. The minimum atomic E-state index is -1.07. The summed E-state index contributed by atoms with van der Waals surface area (Å²) in [6.45, 7) is 3.40. The van der Waals surface area contributed by atoms with Gasteiger partial charge in [0.25, 0.3) is 11.8 Å². The number of fused-ring (bicyclic) bond motifs is 1. The van der Waals surface area contributed by atoms with E-state index >= 15 is 0 Å². The third kappa shape index (κ3) is 5.68. The Labute approximate surface area is 235 Å². The van der Waals surface area contributed by atoms with Gasteiger partial charge in [0.1, 0.15) is 0 Å². The van der Waals surface area contributed by atoms with Crippen LogP contribution < -0.4 is 20.3 Å². The molecule has 3 N–H and O–H groups in total. The maximum atomic E-state index is 14.8. The van der Waals surface area contributed by atoms with E-state index in [2.05, 4.69) is 20.6 Å². The molecule has 10 nitrogen and oxygen atoms in total. The number of halogens is 2. The largest absolute Gasteiger partial charge is 0.494 e. The minimum Gasteiger partial charge on any atom is -0.494 e. The normalized spacial score (nSPS) is 15.0. The first-order chi connectivity index (χ1) is 19.7. The number of quaternary nitrogens is 1. The van der Waals surface area contributed by atoms with Gasteiger partial charge in [-0.25, -0.2) is 14.4 Å². The fraction of sp³-hybridized carbons (Fsp3) is 0.310. The molecule has 2 amide bonds. The zero-order chi connectivity index (χ0) is 29.3. The zero-order valence-electron chi connectivity index (χ0n) is 23.3. The molecular formula is C29H32F2N7O3+. The van der Waals surface area contributed by atoms with E-state index in [0.717, 1.165) is 10.5 Å². The summed E-state index contributed by atoms with van der Waals surface area (Å²) in [6.07, 6.45) is 5.31. The molecule has 12 heteroatoms. The molecule has 5 rings (SSSR count). The van der Waals surface area contributed by atoms with Crippen molar-refractivity contribution in [3.05, 3.63) is 71.7 Å². The number of hydrogen-bond donors (Lipinski definition) is 3. The molecule has 2 aromatic carbocycles. The van der Waals surface area contributed by atoms with E-state index in [0.29, 0.717) is 54.5 Å². The van der Waals surface area contributed by atoms with Gasteiger partial charge in [-0.3, -0.25) is 14.0 Å². The zero-order valence-corrected chi connectivity index (χ0v) is 23.3. The molecule has 0 bridgehead atoms. The van der Waals surface area contributed by atoms with E-state index in [9.17, 15) is 18.4 Å². The number of carbonyl (C=O) groups is 2. The van der Waals surface area contributed by atoms with E-state index in [1.165, 1.54) is 31.6 Å². The van der Waals surface area contributed by atoms with Crippen LogP contribution in [0.3, 0.4) is 0 Å². The number of likely N-dealkylation sites (tertiary alicyclic amines) is 1. The van der Waals surface area contributed by atoms with Crippen LogP contribution in [0.2, 0.25) is 0 Å². The van der Waals surface area contributed by atoms with Crippen LogP contribution in [0.5, 0.6) is 5.75 Å². The first-order valence-electron chi connectivity index (χ1n) is 13.3. The van der Waals surface area contributed by atoms with E-state index in [1.54, 1.807) is 27.6 Å². The maximum absolute atomic E-state index is 14.8. The van der Waals surface area contributed by atoms with Crippen LogP contribution in [-0.2, 0) is 4.79 Å². The van der Waals surface area contributed by atoms with E-state index in [-0.39, 0.29) is 29.2 Å². The van der Waals surface area contributed by atoms with Crippen molar-refractivity contribution < 1.29 is 28.0 Å². The van der Waals surface area contributed by atoms with Crippen molar-refractivity contribution in [3.63, 3.8) is 0 Å². The Morgan fingerprint density at radius 1 is 1.15 bits per heavy atom. The summed E-state index contributed by atoms with van der Waals surface area (Å²) in [4.78, 5) is 37.0. The summed E-state index contributed by atoms with van der Waals surface area (Å²) in [5.74, 6) is -2.00. The maximum Gasteiger partial charge on any atom is 0.277 e. The second kappa shape index (κ2) is 11.5. The van der Waals surface area contributed by atoms with Crippen LogP contribution in [-0.4, -0.2) is 78.0 Å². The molecule has 3 heterocycles. The van der Waals surface area contributed by atoms with Crippen LogP contribution in [0.15, 0.2) is 48.9 Å². The number of nitrogens with zero attached hydrogens (tertiary/aromatic N) is 4. The second-order valence-corrected chi connectivity index (χ2v) is 10.4. The molecule has 214 valence electrons. The Hall–Kier alpha value is -4.58. The van der Waals surface area contributed by atoms with Crippen molar-refractivity contribution in [3.8, 4) is 17.0 Å². The summed E-state index contributed by atoms with van der Waals surface area (Å²) < 4.78 is 35.6. The molecule has 0 aliphatic carbocycles. The van der Waals surface area contributed by atoms with Crippen molar-refractivity contribution >= 4 is 29.0 Å². The highest BCUT2D eigenvalue weighted by atomic mass is 19.2. The van der Waals surface area contributed by atoms with Crippen LogP contribution in [0.25, 0.3) is 16.9 Å². The molecule has 0 spiro atoms. The monoisotopic (exact) mass is 564 g/mol. The van der Waals surface area contributed by atoms with Gasteiger partial charge in [0.05, 0.1) is 33.1 Å². The van der Waals surface area contributed by atoms with Crippen molar-refractivity contribution in [2.45, 2.75) is 19.4 Å². The number of aromatic nitrogens is 3. The molecular weight excluding hydrogens is 532 g/mol. The third-order valence-electron chi connectivity index (χ3n) is 7.09. The third-order valence-corrected chi connectivity index (χ3v) is 7.09. The lowest BCUT2D eigenvalue weighted by Gasteiger charge is -2.18. The topological polar surface area (TPSA) is 105 Å². The number of rotatable bonds is 8. The Kier molecular flexibility index (Phi) is 7.84. The van der Waals surface area contributed by atoms with Crippen molar-refractivity contribution in [2.24, 2.45) is 0 Å². The molecule has 1 saturated heterocycles. The van der Waals surface area contributed by atoms with Gasteiger partial charge in [0.15, 0.2) is 29.6 Å². The number of carbonyl (C=O) groups excluding carboxylic acids is 2. The lowest BCUT2D eigenvalue weighted by Crippen LogP contribution is -3.07. The Morgan fingerprint density at radius 2 is 1.95 bits per heavy atom. The number of nitrogens with one attached hydrogen (secondary N) is 3. The molecule has 1 aliphatic heterocycles. The number of anilines is 2. The average Bonchev–Trinajstić information content (AvgIpc) is 3.58. The quantitative estimate of drug-likeness (QED) is 0.303. The fourth-order valence-corrected chi connectivity index (χ4v) is 5.01. The highest BCUT2D eigenvalue weighted by molar-refractivity contribution is 5.96. The van der Waals surface area contributed by atoms with E-state index < -0.39 is 11.6 Å². The summed E-state index contributed by atoms with van der Waals surface area (Å²) in [5, 5.41) is 6.26. The van der Waals surface area contributed by atoms with Crippen LogP contribution in [0, 0.1) is 18.6 Å². The number of aryl methyl sites for hydroxylation is 1. The van der Waals surface area contributed by atoms with E-state index in [1.807, 2.05) is 27.1 Å². The number of hydrogen-bond acceptors (Lipinski definition) is 6. The molecule has 4 aromatic rings. The SMILES string of the molecule is COc1ccc(-c2cnc3c(Nc4ccc(C(=O)NC5CCN(C(=O)C[NH+](C)C)C5)c(C)c4)nccn23)c(F)c1F. The van der Waals surface area contributed by atoms with Gasteiger partial charge >= 0.3 is 0 Å². The Bertz CT molecular complexity index is 1620. The van der Waals surface area contributed by atoms with Gasteiger partial charge < -0.3 is 25.2 Å². The number of imidazole rings is 1. The smallest absolute Gasteiger partial charge is 0.277 e. The van der Waals surface area contributed by atoms with Gasteiger partial charge in [-0.05, 0) is 49.2 Å². The van der Waals surface area contributed by atoms with Crippen LogP contribution >= 0.6 is 0 Å². The standard InChI is InChI=1S/C29H31F2N7O3/c1-17-13-18(5-6-20(17)29(40)35-19-9-11-37(15-19)24(39)16-36(2)3)34-27-28-33-14-22(38(28)12-10-32-27)21-7-8-23(41-4)26(31)25(21)30/h5-8,10,12-14,19H,9,11,15-16H2,1-4H3,(H,32,34)(H,35,40)/p+1. The van der Waals surface area contributed by atoms with Crippen molar-refractivity contribution in [2.75, 3.05) is 46.2 Å². The van der Waals surface area contributed by atoms with Gasteiger partial charge in [0, 0.05) is 48.3 Å².